The fourth-order valence-corrected chi connectivity index (χ4v) is 4.49. The maximum Gasteiger partial charge on any atom is 0.317 e. The van der Waals surface area contributed by atoms with Gasteiger partial charge in [0.05, 0.1) is 18.8 Å². The summed E-state index contributed by atoms with van der Waals surface area (Å²) in [5.74, 6) is 1.65. The number of hydrogen-bond acceptors (Lipinski definition) is 3. The van der Waals surface area contributed by atoms with Gasteiger partial charge < -0.3 is 20.3 Å². The van der Waals surface area contributed by atoms with E-state index < -0.39 is 0 Å². The van der Waals surface area contributed by atoms with Gasteiger partial charge in [0.2, 0.25) is 0 Å². The minimum Gasteiger partial charge on any atom is -0.376 e. The van der Waals surface area contributed by atoms with Crippen molar-refractivity contribution in [1.82, 2.24) is 15.5 Å². The van der Waals surface area contributed by atoms with Crippen molar-refractivity contribution in [2.45, 2.75) is 89.4 Å². The van der Waals surface area contributed by atoms with Crippen LogP contribution < -0.4 is 10.6 Å². The van der Waals surface area contributed by atoms with Gasteiger partial charge in [0.25, 0.3) is 0 Å². The van der Waals surface area contributed by atoms with Crippen LogP contribution in [0.25, 0.3) is 0 Å². The van der Waals surface area contributed by atoms with Gasteiger partial charge in [-0.2, -0.15) is 0 Å². The van der Waals surface area contributed by atoms with Gasteiger partial charge in [0, 0.05) is 18.6 Å². The van der Waals surface area contributed by atoms with Gasteiger partial charge in [-0.3, -0.25) is 0 Å². The second-order valence-electron chi connectivity index (χ2n) is 8.64. The zero-order chi connectivity index (χ0) is 17.8. The lowest BCUT2D eigenvalue weighted by molar-refractivity contribution is -0.0254. The minimum absolute atomic E-state index is 0.111. The fourth-order valence-electron chi connectivity index (χ4n) is 4.49. The summed E-state index contributed by atoms with van der Waals surface area (Å²) >= 11 is 0. The molecule has 5 heteroatoms. The first kappa shape index (κ1) is 19.0. The van der Waals surface area contributed by atoms with E-state index in [9.17, 15) is 4.79 Å². The largest absolute Gasteiger partial charge is 0.376 e. The molecule has 1 heterocycles. The summed E-state index contributed by atoms with van der Waals surface area (Å²) in [6.07, 6.45) is 9.76. The van der Waals surface area contributed by atoms with Crippen molar-refractivity contribution in [3.8, 4) is 0 Å². The third-order valence-corrected chi connectivity index (χ3v) is 6.48. The van der Waals surface area contributed by atoms with Crippen LogP contribution in [0.15, 0.2) is 0 Å². The number of piperidine rings is 1. The Kier molecular flexibility index (Phi) is 6.61. The molecule has 0 spiro atoms. The van der Waals surface area contributed by atoms with Crippen LogP contribution in [0.1, 0.15) is 65.2 Å². The highest BCUT2D eigenvalue weighted by Crippen LogP contribution is 2.32. The highest BCUT2D eigenvalue weighted by molar-refractivity contribution is 5.75. The van der Waals surface area contributed by atoms with Crippen molar-refractivity contribution in [3.05, 3.63) is 0 Å². The van der Waals surface area contributed by atoms with Crippen molar-refractivity contribution in [2.24, 2.45) is 11.8 Å². The number of likely N-dealkylation sites (tertiary alicyclic amines) is 1. The van der Waals surface area contributed by atoms with Crippen molar-refractivity contribution in [3.63, 3.8) is 0 Å². The number of urea groups is 1. The molecular weight excluding hydrogens is 314 g/mol. The van der Waals surface area contributed by atoms with Crippen LogP contribution in [0.3, 0.4) is 0 Å². The third-order valence-electron chi connectivity index (χ3n) is 6.48. The minimum atomic E-state index is 0.111. The molecule has 2 N–H and O–H groups in total. The Morgan fingerprint density at radius 2 is 1.84 bits per heavy atom. The molecule has 25 heavy (non-hydrogen) atoms. The topological polar surface area (TPSA) is 53.6 Å². The van der Waals surface area contributed by atoms with E-state index in [-0.39, 0.29) is 12.1 Å². The van der Waals surface area contributed by atoms with Gasteiger partial charge in [-0.15, -0.1) is 0 Å². The van der Waals surface area contributed by atoms with Gasteiger partial charge in [-0.25, -0.2) is 4.79 Å². The monoisotopic (exact) mass is 351 g/mol. The molecule has 3 aliphatic rings. The maximum atomic E-state index is 12.6. The Hall–Kier alpha value is -0.810. The lowest BCUT2D eigenvalue weighted by Gasteiger charge is -2.42. The number of amides is 2. The Morgan fingerprint density at radius 3 is 2.44 bits per heavy atom. The van der Waals surface area contributed by atoms with Crippen LogP contribution in [0, 0.1) is 11.8 Å². The van der Waals surface area contributed by atoms with Crippen LogP contribution in [0.4, 0.5) is 4.79 Å². The number of rotatable bonds is 6. The summed E-state index contributed by atoms with van der Waals surface area (Å²) in [4.78, 5) is 14.7. The number of hydrogen-bond donors (Lipinski definition) is 2. The average molecular weight is 352 g/mol. The number of carbonyl (C=O) groups excluding carboxylic acids is 1. The summed E-state index contributed by atoms with van der Waals surface area (Å²) in [6, 6.07) is 1.01. The van der Waals surface area contributed by atoms with Gasteiger partial charge in [-0.05, 0) is 70.3 Å². The number of nitrogens with one attached hydrogen (secondary N) is 2. The first-order valence-electron chi connectivity index (χ1n) is 10.4. The summed E-state index contributed by atoms with van der Waals surface area (Å²) in [5, 5.41) is 6.57. The van der Waals surface area contributed by atoms with E-state index in [0.29, 0.717) is 24.8 Å². The molecule has 0 aromatic heterocycles. The lowest BCUT2D eigenvalue weighted by Crippen LogP contribution is -2.59. The molecule has 3 rings (SSSR count). The normalized spacial score (nSPS) is 33.5. The molecule has 2 saturated carbocycles. The predicted octanol–water partition coefficient (Wildman–Crippen LogP) is 3.14. The molecule has 0 radical (unpaired) electrons. The van der Waals surface area contributed by atoms with Gasteiger partial charge in [0.15, 0.2) is 0 Å². The Morgan fingerprint density at radius 1 is 1.12 bits per heavy atom. The van der Waals surface area contributed by atoms with Crippen molar-refractivity contribution in [1.29, 1.82) is 0 Å². The van der Waals surface area contributed by atoms with E-state index in [2.05, 4.69) is 24.5 Å². The molecule has 144 valence electrons. The van der Waals surface area contributed by atoms with E-state index in [1.165, 1.54) is 25.7 Å². The van der Waals surface area contributed by atoms with E-state index in [4.69, 9.17) is 4.74 Å². The maximum absolute atomic E-state index is 12.6. The quantitative estimate of drug-likeness (QED) is 0.773. The van der Waals surface area contributed by atoms with E-state index in [1.54, 1.807) is 0 Å². The second-order valence-corrected chi connectivity index (χ2v) is 8.64. The Labute approximate surface area is 153 Å². The summed E-state index contributed by atoms with van der Waals surface area (Å²) in [6.45, 7) is 6.19. The van der Waals surface area contributed by atoms with Crippen LogP contribution in [-0.4, -0.2) is 55.4 Å². The van der Waals surface area contributed by atoms with E-state index in [1.807, 2.05) is 11.9 Å². The first-order valence-corrected chi connectivity index (χ1v) is 10.4. The zero-order valence-corrected chi connectivity index (χ0v) is 16.3. The molecule has 2 aliphatic carbocycles. The molecule has 5 nitrogen and oxygen atoms in total. The van der Waals surface area contributed by atoms with Crippen LogP contribution >= 0.6 is 0 Å². The van der Waals surface area contributed by atoms with E-state index >= 15 is 0 Å². The molecule has 1 aliphatic heterocycles. The highest BCUT2D eigenvalue weighted by Gasteiger charge is 2.36. The first-order chi connectivity index (χ1) is 12.1. The Balaban J connectivity index is 1.52. The van der Waals surface area contributed by atoms with Gasteiger partial charge in [-0.1, -0.05) is 13.8 Å². The van der Waals surface area contributed by atoms with Crippen LogP contribution in [-0.2, 0) is 4.74 Å². The van der Waals surface area contributed by atoms with Crippen molar-refractivity contribution < 1.29 is 9.53 Å². The molecule has 2 atom stereocenters. The smallest absolute Gasteiger partial charge is 0.317 e. The molecule has 1 saturated heterocycles. The average Bonchev–Trinajstić information content (AvgIpc) is 3.43. The van der Waals surface area contributed by atoms with Gasteiger partial charge in [0.1, 0.15) is 0 Å². The van der Waals surface area contributed by atoms with Crippen LogP contribution in [0.2, 0.25) is 0 Å². The lowest BCUT2D eigenvalue weighted by atomic mass is 9.80. The second kappa shape index (κ2) is 8.72. The van der Waals surface area contributed by atoms with Crippen LogP contribution in [0.5, 0.6) is 0 Å². The van der Waals surface area contributed by atoms with Crippen molar-refractivity contribution in [2.75, 3.05) is 20.2 Å². The highest BCUT2D eigenvalue weighted by atomic mass is 16.5. The van der Waals surface area contributed by atoms with Gasteiger partial charge >= 0.3 is 6.03 Å². The zero-order valence-electron chi connectivity index (χ0n) is 16.3. The fraction of sp³-hybridized carbons (Fsp3) is 0.950. The summed E-state index contributed by atoms with van der Waals surface area (Å²) < 4.78 is 6.32. The molecule has 0 bridgehead atoms. The molecule has 2 amide bonds. The summed E-state index contributed by atoms with van der Waals surface area (Å²) in [5.41, 5.74) is 0. The predicted molar refractivity (Wildman–Crippen MR) is 101 cm³/mol. The molecule has 0 aromatic carbocycles. The number of nitrogens with zero attached hydrogens (tertiary/aromatic N) is 1. The molecular formula is C20H37N3O2. The molecule has 3 fully saturated rings. The van der Waals surface area contributed by atoms with E-state index in [0.717, 1.165) is 44.1 Å². The number of ether oxygens (including phenoxy) is 1. The Bertz CT molecular complexity index is 431. The molecule has 1 unspecified atom stereocenters. The number of likely N-dealkylation sites (N-methyl/N-ethyl adjacent to an activating group) is 1. The van der Waals surface area contributed by atoms with Crippen molar-refractivity contribution >= 4 is 6.03 Å². The molecule has 0 aromatic rings. The summed E-state index contributed by atoms with van der Waals surface area (Å²) in [7, 11) is 2.01. The number of carbonyl (C=O) groups is 1. The standard InChI is InChI=1S/C20H37N3O2/c1-14(2)15-6-10-17(11-7-15)25-13-19-18(21-3)5-4-12-23(19)20(24)22-16-8-9-16/h14-19,21H,4-13H2,1-3H3,(H,22,24)/t15?,17?,18?,19-/m0/s1. The SMILES string of the molecule is CNC1CCCN(C(=O)NC2CC2)[C@H]1COC1CCC(C(C)C)CC1. The third kappa shape index (κ3) is 5.10.